The van der Waals surface area contributed by atoms with Crippen molar-refractivity contribution in [2.24, 2.45) is 4.99 Å². The van der Waals surface area contributed by atoms with Gasteiger partial charge in [0.25, 0.3) is 0 Å². The number of halogens is 2. The number of aryl methyl sites for hydroxylation is 2. The van der Waals surface area contributed by atoms with Crippen molar-refractivity contribution < 1.29 is 8.78 Å². The summed E-state index contributed by atoms with van der Waals surface area (Å²) in [4.78, 5) is 18.2. The van der Waals surface area contributed by atoms with Crippen molar-refractivity contribution in [2.45, 2.75) is 19.9 Å². The second-order valence-corrected chi connectivity index (χ2v) is 10.2. The van der Waals surface area contributed by atoms with Crippen LogP contribution in [-0.4, -0.2) is 57.0 Å². The van der Waals surface area contributed by atoms with Crippen LogP contribution in [0.4, 0.5) is 20.4 Å². The van der Waals surface area contributed by atoms with E-state index in [2.05, 4.69) is 30.4 Å². The summed E-state index contributed by atoms with van der Waals surface area (Å²) in [6.07, 6.45) is 0. The summed E-state index contributed by atoms with van der Waals surface area (Å²) in [5.74, 6) is 0.402. The molecule has 3 aromatic carbocycles. The van der Waals surface area contributed by atoms with Gasteiger partial charge in [-0.05, 0) is 79.7 Å². The van der Waals surface area contributed by atoms with E-state index >= 15 is 0 Å². The van der Waals surface area contributed by atoms with Crippen LogP contribution in [0.15, 0.2) is 89.9 Å². The van der Waals surface area contributed by atoms with Gasteiger partial charge in [-0.1, -0.05) is 42.5 Å². The number of aromatic nitrogens is 2. The molecule has 210 valence electrons. The number of aliphatic imine (C=N–C) groups is 1. The van der Waals surface area contributed by atoms with Crippen LogP contribution in [0.3, 0.4) is 0 Å². The molecule has 0 amide bonds. The van der Waals surface area contributed by atoms with Crippen molar-refractivity contribution in [1.29, 1.82) is 0 Å². The molecule has 1 saturated heterocycles. The molecule has 0 aliphatic carbocycles. The number of anilines is 2. The number of rotatable bonds is 5. The molecule has 1 aliphatic rings. The predicted octanol–water partition coefficient (Wildman–Crippen LogP) is 5.94. The predicted molar refractivity (Wildman–Crippen MR) is 163 cm³/mol. The van der Waals surface area contributed by atoms with E-state index in [9.17, 15) is 8.78 Å². The Morgan fingerprint density at radius 2 is 1.32 bits per heavy atom. The molecule has 7 nitrogen and oxygen atoms in total. The summed E-state index contributed by atoms with van der Waals surface area (Å²) < 4.78 is 27.5. The SMILES string of the molecule is Cc1cc(C)nc(N/C(=N/C(=S)Nc2ccccc2)N2CCN(C(c3ccc(F)cc3)c3ccc(F)cc3)CC2)n1. The number of nitrogens with zero attached hydrogens (tertiary/aromatic N) is 5. The summed E-state index contributed by atoms with van der Waals surface area (Å²) in [5.41, 5.74) is 4.41. The van der Waals surface area contributed by atoms with Gasteiger partial charge in [-0.2, -0.15) is 4.99 Å². The third-order valence-electron chi connectivity index (χ3n) is 6.79. The van der Waals surface area contributed by atoms with Crippen molar-refractivity contribution in [3.63, 3.8) is 0 Å². The fourth-order valence-electron chi connectivity index (χ4n) is 4.92. The Labute approximate surface area is 244 Å². The van der Waals surface area contributed by atoms with Gasteiger partial charge in [0.05, 0.1) is 6.04 Å². The van der Waals surface area contributed by atoms with Gasteiger partial charge in [0, 0.05) is 43.3 Å². The van der Waals surface area contributed by atoms with Crippen molar-refractivity contribution in [3.8, 4) is 0 Å². The fraction of sp³-hybridized carbons (Fsp3) is 0.226. The van der Waals surface area contributed by atoms with Crippen molar-refractivity contribution in [1.82, 2.24) is 19.8 Å². The first-order chi connectivity index (χ1) is 19.8. The standard InChI is InChI=1S/C31H31F2N7S/c1-21-20-22(2)35-29(34-21)37-30(38-31(41)36-27-6-4-3-5-7-27)40-18-16-39(17-19-40)28(23-8-12-25(32)13-9-23)24-10-14-26(33)15-11-24/h3-15,20,28H,16-19H2,1-2H3,(H2,34,35,36,37,38,41). The molecule has 10 heteroatoms. The Balaban J connectivity index is 1.38. The summed E-state index contributed by atoms with van der Waals surface area (Å²) in [6, 6.07) is 24.4. The van der Waals surface area contributed by atoms with E-state index in [0.29, 0.717) is 43.2 Å². The van der Waals surface area contributed by atoms with Gasteiger partial charge in [-0.3, -0.25) is 10.2 Å². The molecule has 5 rings (SSSR count). The minimum atomic E-state index is -0.294. The monoisotopic (exact) mass is 571 g/mol. The Morgan fingerprint density at radius 1 is 0.780 bits per heavy atom. The van der Waals surface area contributed by atoms with Gasteiger partial charge in [-0.25, -0.2) is 18.7 Å². The van der Waals surface area contributed by atoms with Gasteiger partial charge in [0.15, 0.2) is 0 Å². The van der Waals surface area contributed by atoms with E-state index in [1.807, 2.05) is 50.2 Å². The minimum absolute atomic E-state index is 0.157. The number of nitrogens with one attached hydrogen (secondary N) is 2. The highest BCUT2D eigenvalue weighted by Gasteiger charge is 2.28. The van der Waals surface area contributed by atoms with Gasteiger partial charge in [0.1, 0.15) is 11.6 Å². The van der Waals surface area contributed by atoms with Crippen molar-refractivity contribution in [2.75, 3.05) is 36.8 Å². The molecule has 0 radical (unpaired) electrons. The average Bonchev–Trinajstić information content (AvgIpc) is 2.95. The smallest absolute Gasteiger partial charge is 0.229 e. The largest absolute Gasteiger partial charge is 0.340 e. The first-order valence-corrected chi connectivity index (χ1v) is 13.8. The van der Waals surface area contributed by atoms with Crippen LogP contribution < -0.4 is 10.6 Å². The van der Waals surface area contributed by atoms with Crippen LogP contribution in [0, 0.1) is 25.5 Å². The van der Waals surface area contributed by atoms with Crippen LogP contribution in [0.5, 0.6) is 0 Å². The molecule has 1 fully saturated rings. The number of guanidine groups is 1. The number of piperazine rings is 1. The molecule has 4 aromatic rings. The highest BCUT2D eigenvalue weighted by atomic mass is 32.1. The molecule has 1 aromatic heterocycles. The van der Waals surface area contributed by atoms with E-state index in [0.717, 1.165) is 28.2 Å². The summed E-state index contributed by atoms with van der Waals surface area (Å²) in [5, 5.41) is 6.76. The molecule has 2 heterocycles. The number of thiocarbonyl (C=S) groups is 1. The van der Waals surface area contributed by atoms with E-state index < -0.39 is 0 Å². The molecule has 0 atom stereocenters. The van der Waals surface area contributed by atoms with Crippen LogP contribution in [0.1, 0.15) is 28.6 Å². The van der Waals surface area contributed by atoms with E-state index in [1.165, 1.54) is 24.3 Å². The summed E-state index contributed by atoms with van der Waals surface area (Å²) >= 11 is 5.59. The zero-order valence-electron chi connectivity index (χ0n) is 22.9. The van der Waals surface area contributed by atoms with Crippen LogP contribution in [0.2, 0.25) is 0 Å². The molecule has 41 heavy (non-hydrogen) atoms. The van der Waals surface area contributed by atoms with Crippen molar-refractivity contribution in [3.05, 3.63) is 119 Å². The number of hydrogen-bond acceptors (Lipinski definition) is 4. The molecule has 2 N–H and O–H groups in total. The fourth-order valence-corrected chi connectivity index (χ4v) is 5.13. The maximum Gasteiger partial charge on any atom is 0.229 e. The Bertz CT molecular complexity index is 1440. The number of hydrogen-bond donors (Lipinski definition) is 2. The summed E-state index contributed by atoms with van der Waals surface area (Å²) in [7, 11) is 0. The zero-order chi connectivity index (χ0) is 28.8. The topological polar surface area (TPSA) is 68.7 Å². The Hall–Kier alpha value is -4.28. The normalized spacial score (nSPS) is 14.3. The number of para-hydroxylation sites is 1. The van der Waals surface area contributed by atoms with E-state index in [-0.39, 0.29) is 17.7 Å². The third kappa shape index (κ3) is 7.47. The number of benzene rings is 3. The molecule has 0 bridgehead atoms. The maximum absolute atomic E-state index is 13.7. The first kappa shape index (κ1) is 28.3. The van der Waals surface area contributed by atoms with Gasteiger partial charge < -0.3 is 10.2 Å². The highest BCUT2D eigenvalue weighted by molar-refractivity contribution is 7.80. The second-order valence-electron chi connectivity index (χ2n) is 9.86. The quantitative estimate of drug-likeness (QED) is 0.175. The third-order valence-corrected chi connectivity index (χ3v) is 6.98. The average molecular weight is 572 g/mol. The Morgan fingerprint density at radius 3 is 1.85 bits per heavy atom. The lowest BCUT2D eigenvalue weighted by Crippen LogP contribution is -2.52. The summed E-state index contributed by atoms with van der Waals surface area (Å²) in [6.45, 7) is 6.44. The molecule has 1 aliphatic heterocycles. The minimum Gasteiger partial charge on any atom is -0.340 e. The first-order valence-electron chi connectivity index (χ1n) is 13.4. The lowest BCUT2D eigenvalue weighted by atomic mass is 9.96. The lowest BCUT2D eigenvalue weighted by molar-refractivity contribution is 0.150. The second kappa shape index (κ2) is 12.9. The molecule has 0 unspecified atom stereocenters. The molecular formula is C31H31F2N7S. The molecular weight excluding hydrogens is 540 g/mol. The highest BCUT2D eigenvalue weighted by Crippen LogP contribution is 2.30. The molecule has 0 saturated carbocycles. The van der Waals surface area contributed by atoms with Gasteiger partial charge in [-0.15, -0.1) is 0 Å². The van der Waals surface area contributed by atoms with Crippen molar-refractivity contribution >= 4 is 34.9 Å². The van der Waals surface area contributed by atoms with Gasteiger partial charge in [0.2, 0.25) is 17.0 Å². The zero-order valence-corrected chi connectivity index (χ0v) is 23.7. The van der Waals surface area contributed by atoms with E-state index in [1.54, 1.807) is 24.3 Å². The van der Waals surface area contributed by atoms with Gasteiger partial charge >= 0.3 is 0 Å². The van der Waals surface area contributed by atoms with Crippen LogP contribution >= 0.6 is 12.2 Å². The van der Waals surface area contributed by atoms with E-state index in [4.69, 9.17) is 17.2 Å². The lowest BCUT2D eigenvalue weighted by Gasteiger charge is -2.40. The molecule has 0 spiro atoms. The maximum atomic E-state index is 13.7. The van der Waals surface area contributed by atoms with Crippen LogP contribution in [-0.2, 0) is 0 Å². The van der Waals surface area contributed by atoms with Crippen LogP contribution in [0.25, 0.3) is 0 Å². The Kier molecular flexibility index (Phi) is 8.91.